The van der Waals surface area contributed by atoms with Crippen molar-refractivity contribution in [1.29, 1.82) is 0 Å². The quantitative estimate of drug-likeness (QED) is 0.604. The standard InChI is InChI=1S/C15H10ClF6N5/c16-8-6-24-13(25-7-8)27-10(5-11(23)14(17,18)19)4-9-2-1-3-12(26-9)15(20,21)22/h1-3,5-7H,4,23H2. The minimum Gasteiger partial charge on any atom is -0.395 e. The molecule has 0 saturated carbocycles. The summed E-state index contributed by atoms with van der Waals surface area (Å²) >= 11 is 5.61. The summed E-state index contributed by atoms with van der Waals surface area (Å²) in [6, 6.07) is 3.03. The van der Waals surface area contributed by atoms with Gasteiger partial charge in [-0.2, -0.15) is 26.3 Å². The van der Waals surface area contributed by atoms with E-state index in [2.05, 4.69) is 19.9 Å². The number of nitrogens with zero attached hydrogens (tertiary/aromatic N) is 4. The van der Waals surface area contributed by atoms with Gasteiger partial charge >= 0.3 is 12.4 Å². The molecule has 0 saturated heterocycles. The second-order valence-corrected chi connectivity index (χ2v) is 5.53. The van der Waals surface area contributed by atoms with Crippen LogP contribution >= 0.6 is 11.6 Å². The first kappa shape index (κ1) is 20.6. The van der Waals surface area contributed by atoms with Gasteiger partial charge < -0.3 is 5.73 Å². The van der Waals surface area contributed by atoms with Crippen molar-refractivity contribution >= 4 is 23.3 Å². The Morgan fingerprint density at radius 1 is 1.11 bits per heavy atom. The minimum absolute atomic E-state index is 0.163. The van der Waals surface area contributed by atoms with E-state index in [1.165, 1.54) is 6.07 Å². The molecule has 0 radical (unpaired) electrons. The Morgan fingerprint density at radius 3 is 2.30 bits per heavy atom. The van der Waals surface area contributed by atoms with Crippen molar-refractivity contribution in [3.63, 3.8) is 0 Å². The van der Waals surface area contributed by atoms with E-state index in [1.54, 1.807) is 0 Å². The predicted octanol–water partition coefficient (Wildman–Crippen LogP) is 4.26. The molecule has 0 fully saturated rings. The Hall–Kier alpha value is -2.69. The molecule has 0 amide bonds. The third-order valence-corrected chi connectivity index (χ3v) is 3.15. The Balaban J connectivity index is 2.43. The highest BCUT2D eigenvalue weighted by Crippen LogP contribution is 2.27. The van der Waals surface area contributed by atoms with Crippen molar-refractivity contribution in [3.8, 4) is 0 Å². The molecule has 0 spiro atoms. The number of alkyl halides is 6. The first-order valence-corrected chi connectivity index (χ1v) is 7.45. The Kier molecular flexibility index (Phi) is 6.04. The van der Waals surface area contributed by atoms with Crippen LogP contribution in [0, 0.1) is 0 Å². The minimum atomic E-state index is -4.84. The van der Waals surface area contributed by atoms with Crippen molar-refractivity contribution in [2.45, 2.75) is 18.8 Å². The molecule has 2 heterocycles. The van der Waals surface area contributed by atoms with E-state index in [-0.39, 0.29) is 22.4 Å². The number of nitrogens with two attached hydrogens (primary N) is 1. The first-order valence-electron chi connectivity index (χ1n) is 7.08. The number of halogens is 7. The summed E-state index contributed by atoms with van der Waals surface area (Å²) in [5, 5.41) is 0.167. The SMILES string of the molecule is NC(=CC(Cc1cccc(C(F)(F)F)n1)=Nc1ncc(Cl)cn1)C(F)(F)F. The summed E-state index contributed by atoms with van der Waals surface area (Å²) in [6.45, 7) is 0. The van der Waals surface area contributed by atoms with Gasteiger partial charge in [0.25, 0.3) is 0 Å². The Morgan fingerprint density at radius 2 is 1.74 bits per heavy atom. The summed E-state index contributed by atoms with van der Waals surface area (Å²) in [7, 11) is 0. The van der Waals surface area contributed by atoms with Crippen molar-refractivity contribution < 1.29 is 26.3 Å². The lowest BCUT2D eigenvalue weighted by Gasteiger charge is -2.09. The highest BCUT2D eigenvalue weighted by molar-refractivity contribution is 6.30. The number of allylic oxidation sites excluding steroid dienone is 2. The van der Waals surface area contributed by atoms with Gasteiger partial charge in [-0.25, -0.2) is 19.9 Å². The summed E-state index contributed by atoms with van der Waals surface area (Å²) in [5.41, 5.74) is 1.81. The molecule has 0 aliphatic carbocycles. The molecule has 2 aromatic rings. The van der Waals surface area contributed by atoms with E-state index >= 15 is 0 Å². The largest absolute Gasteiger partial charge is 0.433 e. The maximum atomic E-state index is 12.8. The molecule has 5 nitrogen and oxygen atoms in total. The van der Waals surface area contributed by atoms with Gasteiger partial charge in [0.2, 0.25) is 5.95 Å². The lowest BCUT2D eigenvalue weighted by molar-refractivity contribution is -0.141. The summed E-state index contributed by atoms with van der Waals surface area (Å²) in [5.74, 6) is -0.243. The summed E-state index contributed by atoms with van der Waals surface area (Å²) < 4.78 is 76.3. The van der Waals surface area contributed by atoms with Crippen LogP contribution in [0.15, 0.2) is 47.4 Å². The van der Waals surface area contributed by atoms with Gasteiger partial charge in [0.15, 0.2) is 0 Å². The van der Waals surface area contributed by atoms with Crippen LogP contribution in [0.1, 0.15) is 11.4 Å². The van der Waals surface area contributed by atoms with Crippen molar-refractivity contribution in [3.05, 3.63) is 58.8 Å². The summed E-state index contributed by atoms with van der Waals surface area (Å²) in [4.78, 5) is 14.6. The zero-order valence-corrected chi connectivity index (χ0v) is 13.9. The third kappa shape index (κ3) is 6.20. The second kappa shape index (κ2) is 7.91. The number of pyridine rings is 1. The maximum Gasteiger partial charge on any atom is 0.433 e. The van der Waals surface area contributed by atoms with Gasteiger partial charge in [0.05, 0.1) is 23.1 Å². The average molecular weight is 410 g/mol. The number of aliphatic imine (C=N–C) groups is 1. The molecule has 144 valence electrons. The van der Waals surface area contributed by atoms with Gasteiger partial charge in [0, 0.05) is 12.1 Å². The first-order chi connectivity index (χ1) is 12.4. The highest BCUT2D eigenvalue weighted by Gasteiger charge is 2.33. The lowest BCUT2D eigenvalue weighted by atomic mass is 10.1. The average Bonchev–Trinajstić information content (AvgIpc) is 2.55. The molecule has 0 bridgehead atoms. The van der Waals surface area contributed by atoms with Crippen molar-refractivity contribution in [1.82, 2.24) is 15.0 Å². The van der Waals surface area contributed by atoms with Gasteiger partial charge in [-0.1, -0.05) is 17.7 Å². The molecule has 2 aromatic heterocycles. The third-order valence-electron chi connectivity index (χ3n) is 2.96. The fourth-order valence-electron chi connectivity index (χ4n) is 1.80. The Labute approximate surface area is 153 Å². The molecule has 0 atom stereocenters. The van der Waals surface area contributed by atoms with Gasteiger partial charge in [-0.3, -0.25) is 0 Å². The molecule has 2 N–H and O–H groups in total. The van der Waals surface area contributed by atoms with Crippen LogP contribution in [-0.4, -0.2) is 26.8 Å². The Bertz CT molecular complexity index is 858. The maximum absolute atomic E-state index is 12.8. The van der Waals surface area contributed by atoms with E-state index in [0.29, 0.717) is 6.08 Å². The highest BCUT2D eigenvalue weighted by atomic mass is 35.5. The second-order valence-electron chi connectivity index (χ2n) is 5.09. The molecular formula is C15H10ClF6N5. The topological polar surface area (TPSA) is 77.0 Å². The van der Waals surface area contributed by atoms with E-state index in [0.717, 1.165) is 24.5 Å². The van der Waals surface area contributed by atoms with E-state index in [9.17, 15) is 26.3 Å². The molecule has 0 aliphatic rings. The van der Waals surface area contributed by atoms with Crippen molar-refractivity contribution in [2.75, 3.05) is 0 Å². The van der Waals surface area contributed by atoms with Crippen LogP contribution in [0.25, 0.3) is 0 Å². The van der Waals surface area contributed by atoms with Gasteiger partial charge in [0.1, 0.15) is 11.4 Å². The molecule has 0 aliphatic heterocycles. The predicted molar refractivity (Wildman–Crippen MR) is 85.4 cm³/mol. The van der Waals surface area contributed by atoms with E-state index < -0.39 is 30.2 Å². The molecule has 2 rings (SSSR count). The normalized spacial score (nSPS) is 13.7. The van der Waals surface area contributed by atoms with Crippen LogP contribution in [0.5, 0.6) is 0 Å². The number of aromatic nitrogens is 3. The smallest absolute Gasteiger partial charge is 0.395 e. The zero-order chi connectivity index (χ0) is 20.2. The van der Waals surface area contributed by atoms with Gasteiger partial charge in [-0.15, -0.1) is 0 Å². The fourth-order valence-corrected chi connectivity index (χ4v) is 1.89. The van der Waals surface area contributed by atoms with Gasteiger partial charge in [-0.05, 0) is 18.2 Å². The monoisotopic (exact) mass is 409 g/mol. The summed E-state index contributed by atoms with van der Waals surface area (Å²) in [6.07, 6.45) is -7.21. The fraction of sp³-hybridized carbons (Fsp3) is 0.200. The van der Waals surface area contributed by atoms with Crippen LogP contribution in [0.2, 0.25) is 5.02 Å². The molecule has 0 aromatic carbocycles. The molecule has 27 heavy (non-hydrogen) atoms. The van der Waals surface area contributed by atoms with Crippen LogP contribution in [0.4, 0.5) is 32.3 Å². The molecular weight excluding hydrogens is 400 g/mol. The van der Waals surface area contributed by atoms with E-state index in [4.69, 9.17) is 17.3 Å². The number of hydrogen-bond donors (Lipinski definition) is 1. The lowest BCUT2D eigenvalue weighted by Crippen LogP contribution is -2.21. The van der Waals surface area contributed by atoms with Crippen LogP contribution in [-0.2, 0) is 12.6 Å². The van der Waals surface area contributed by atoms with Crippen LogP contribution < -0.4 is 5.73 Å². The van der Waals surface area contributed by atoms with Crippen molar-refractivity contribution in [2.24, 2.45) is 10.7 Å². The number of hydrogen-bond acceptors (Lipinski definition) is 5. The molecule has 12 heteroatoms. The van der Waals surface area contributed by atoms with E-state index in [1.807, 2.05) is 0 Å². The number of rotatable bonds is 4. The molecule has 0 unspecified atom stereocenters. The van der Waals surface area contributed by atoms with Crippen LogP contribution in [0.3, 0.4) is 0 Å². The zero-order valence-electron chi connectivity index (χ0n) is 13.2.